The Bertz CT molecular complexity index is 2860. The van der Waals surface area contributed by atoms with Crippen LogP contribution in [-0.4, -0.2) is 20.7 Å². The first-order valence-electron chi connectivity index (χ1n) is 19.6. The number of benzene rings is 7. The number of rotatable bonds is 7. The Labute approximate surface area is 339 Å². The molecule has 9 aromatic rings. The van der Waals surface area contributed by atoms with Gasteiger partial charge in [0.15, 0.2) is 11.6 Å². The van der Waals surface area contributed by atoms with Crippen molar-refractivity contribution in [2.75, 3.05) is 0 Å². The molecular formula is C52H48N2O2S. The molecule has 5 heteroatoms. The number of aryl methyl sites for hydroxylation is 5. The van der Waals surface area contributed by atoms with Crippen LogP contribution in [0.5, 0.6) is 0 Å². The summed E-state index contributed by atoms with van der Waals surface area (Å²) in [6.45, 7) is 14.1. The number of fused-ring (bicyclic) bond motifs is 6. The van der Waals surface area contributed by atoms with E-state index in [1.807, 2.05) is 79.7 Å². The average molecular weight is 765 g/mol. The maximum Gasteiger partial charge on any atom is 0.193 e. The van der Waals surface area contributed by atoms with Gasteiger partial charge in [-0.3, -0.25) is 9.59 Å². The molecule has 2 aromatic heterocycles. The highest BCUT2D eigenvalue weighted by Gasteiger charge is 2.16. The van der Waals surface area contributed by atoms with Crippen LogP contribution in [0.15, 0.2) is 168 Å². The number of ketones is 2. The number of para-hydroxylation sites is 1. The van der Waals surface area contributed by atoms with Gasteiger partial charge < -0.3 is 9.13 Å². The molecule has 7 aromatic carbocycles. The van der Waals surface area contributed by atoms with Crippen molar-refractivity contribution in [1.82, 2.24) is 9.13 Å². The van der Waals surface area contributed by atoms with E-state index in [0.29, 0.717) is 0 Å². The van der Waals surface area contributed by atoms with Crippen LogP contribution >= 0.6 is 11.8 Å². The molecule has 0 aliphatic heterocycles. The van der Waals surface area contributed by atoms with E-state index in [1.165, 1.54) is 54.2 Å². The molecule has 57 heavy (non-hydrogen) atoms. The molecule has 0 spiro atoms. The summed E-state index contributed by atoms with van der Waals surface area (Å²) in [7, 11) is 0. The Kier molecular flexibility index (Phi) is 11.9. The van der Waals surface area contributed by atoms with Gasteiger partial charge in [-0.1, -0.05) is 108 Å². The van der Waals surface area contributed by atoms with Gasteiger partial charge in [0.2, 0.25) is 0 Å². The SMILES string of the molecule is CC(=O)c1ccc(Sc2ccccc2)cc1.CCn1c2ccc(C)cc2c2cc(C(=O)c3ccccc3C)ccc21.CCn1c2ccccc2c2cc(C)ccc21. The number of Topliss-reactive ketones (excluding diaryl/α,β-unsaturated/α-hetero) is 1. The number of carbonyl (C=O) groups excluding carboxylic acids is 2. The summed E-state index contributed by atoms with van der Waals surface area (Å²) in [6, 6.07) is 53.6. The standard InChI is InChI=1S/C23H21NO.C15H15N.C14H12OS/c1-4-24-21-11-9-15(2)13-19(21)20-14-17(10-12-22(20)24)23(25)18-8-6-5-7-16(18)3;1-3-16-14-7-5-4-6-12(14)13-10-11(2)8-9-15(13)16;1-11(15)12-7-9-14(10-8-12)16-13-5-3-2-4-6-13/h5-14H,4H2,1-3H3;4-10H,3H2,1-2H3;2-10H,1H3. The van der Waals surface area contributed by atoms with Gasteiger partial charge in [-0.2, -0.15) is 0 Å². The fourth-order valence-corrected chi connectivity index (χ4v) is 8.41. The zero-order chi connectivity index (χ0) is 40.1. The third-order valence-corrected chi connectivity index (χ3v) is 11.5. The third-order valence-electron chi connectivity index (χ3n) is 10.5. The van der Waals surface area contributed by atoms with E-state index in [2.05, 4.69) is 122 Å². The Morgan fingerprint density at radius 3 is 1.54 bits per heavy atom. The van der Waals surface area contributed by atoms with E-state index in [1.54, 1.807) is 18.7 Å². The fraction of sp³-hybridized carbons (Fsp3) is 0.154. The van der Waals surface area contributed by atoms with Crippen LogP contribution in [0.2, 0.25) is 0 Å². The largest absolute Gasteiger partial charge is 0.341 e. The van der Waals surface area contributed by atoms with Crippen molar-refractivity contribution >= 4 is 66.9 Å². The number of carbonyl (C=O) groups is 2. The lowest BCUT2D eigenvalue weighted by atomic mass is 9.98. The highest BCUT2D eigenvalue weighted by Crippen LogP contribution is 2.32. The number of aromatic nitrogens is 2. The zero-order valence-corrected chi connectivity index (χ0v) is 34.4. The van der Waals surface area contributed by atoms with Crippen LogP contribution in [0.3, 0.4) is 0 Å². The monoisotopic (exact) mass is 764 g/mol. The minimum Gasteiger partial charge on any atom is -0.341 e. The first-order chi connectivity index (χ1) is 27.7. The van der Waals surface area contributed by atoms with Gasteiger partial charge in [0.05, 0.1) is 0 Å². The van der Waals surface area contributed by atoms with Gasteiger partial charge in [0.1, 0.15) is 0 Å². The molecule has 0 aliphatic carbocycles. The van der Waals surface area contributed by atoms with Crippen LogP contribution < -0.4 is 0 Å². The predicted octanol–water partition coefficient (Wildman–Crippen LogP) is 13.8. The lowest BCUT2D eigenvalue weighted by Gasteiger charge is -2.06. The Hall–Kier alpha value is -6.17. The van der Waals surface area contributed by atoms with Crippen molar-refractivity contribution in [3.05, 3.63) is 191 Å². The van der Waals surface area contributed by atoms with Crippen molar-refractivity contribution < 1.29 is 9.59 Å². The first-order valence-corrected chi connectivity index (χ1v) is 20.4. The number of hydrogen-bond donors (Lipinski definition) is 0. The van der Waals surface area contributed by atoms with Gasteiger partial charge in [0.25, 0.3) is 0 Å². The molecule has 0 N–H and O–H groups in total. The van der Waals surface area contributed by atoms with E-state index < -0.39 is 0 Å². The topological polar surface area (TPSA) is 44.0 Å². The zero-order valence-electron chi connectivity index (χ0n) is 33.5. The van der Waals surface area contributed by atoms with Gasteiger partial charge in [-0.15, -0.1) is 0 Å². The summed E-state index contributed by atoms with van der Waals surface area (Å²) >= 11 is 1.70. The van der Waals surface area contributed by atoms with E-state index in [9.17, 15) is 9.59 Å². The first kappa shape index (κ1) is 39.1. The summed E-state index contributed by atoms with van der Waals surface area (Å²) in [4.78, 5) is 26.4. The molecule has 0 saturated carbocycles. The highest BCUT2D eigenvalue weighted by molar-refractivity contribution is 7.99. The molecule has 0 radical (unpaired) electrons. The van der Waals surface area contributed by atoms with Gasteiger partial charge in [-0.25, -0.2) is 0 Å². The highest BCUT2D eigenvalue weighted by atomic mass is 32.2. The van der Waals surface area contributed by atoms with Crippen molar-refractivity contribution in [2.45, 2.75) is 64.4 Å². The maximum atomic E-state index is 13.0. The van der Waals surface area contributed by atoms with Crippen LogP contribution in [0, 0.1) is 20.8 Å². The van der Waals surface area contributed by atoms with Gasteiger partial charge >= 0.3 is 0 Å². The third kappa shape index (κ3) is 8.35. The Morgan fingerprint density at radius 1 is 0.474 bits per heavy atom. The van der Waals surface area contributed by atoms with Crippen LogP contribution in [0.1, 0.15) is 63.7 Å². The van der Waals surface area contributed by atoms with E-state index in [-0.39, 0.29) is 11.6 Å². The molecule has 4 nitrogen and oxygen atoms in total. The molecule has 9 rings (SSSR count). The van der Waals surface area contributed by atoms with E-state index >= 15 is 0 Å². The molecule has 0 atom stereocenters. The lowest BCUT2D eigenvalue weighted by molar-refractivity contribution is 0.101. The van der Waals surface area contributed by atoms with Gasteiger partial charge in [-0.05, 0) is 120 Å². The fourth-order valence-electron chi connectivity index (χ4n) is 7.57. The predicted molar refractivity (Wildman–Crippen MR) is 241 cm³/mol. The van der Waals surface area contributed by atoms with Crippen molar-refractivity contribution in [3.8, 4) is 0 Å². The normalized spacial score (nSPS) is 11.0. The number of nitrogens with zero attached hydrogens (tertiary/aromatic N) is 2. The molecule has 2 heterocycles. The summed E-state index contributed by atoms with van der Waals surface area (Å²) in [6.07, 6.45) is 0. The summed E-state index contributed by atoms with van der Waals surface area (Å²) < 4.78 is 4.69. The van der Waals surface area contributed by atoms with Crippen LogP contribution in [0.25, 0.3) is 43.6 Å². The Morgan fingerprint density at radius 2 is 0.947 bits per heavy atom. The molecule has 0 saturated heterocycles. The minimum atomic E-state index is 0.0880. The molecule has 0 unspecified atom stereocenters. The second-order valence-corrected chi connectivity index (χ2v) is 15.6. The van der Waals surface area contributed by atoms with E-state index in [0.717, 1.165) is 45.6 Å². The van der Waals surface area contributed by atoms with Crippen molar-refractivity contribution in [1.29, 1.82) is 0 Å². The summed E-state index contributed by atoms with van der Waals surface area (Å²) in [5, 5.41) is 5.11. The van der Waals surface area contributed by atoms with Crippen LogP contribution in [-0.2, 0) is 13.1 Å². The molecule has 0 fully saturated rings. The number of hydrogen-bond acceptors (Lipinski definition) is 3. The van der Waals surface area contributed by atoms with Crippen LogP contribution in [0.4, 0.5) is 0 Å². The molecule has 0 bridgehead atoms. The quantitative estimate of drug-likeness (QED) is 0.152. The minimum absolute atomic E-state index is 0.0880. The van der Waals surface area contributed by atoms with Crippen molar-refractivity contribution in [3.63, 3.8) is 0 Å². The van der Waals surface area contributed by atoms with Crippen molar-refractivity contribution in [2.24, 2.45) is 0 Å². The smallest absolute Gasteiger partial charge is 0.193 e. The second-order valence-electron chi connectivity index (χ2n) is 14.4. The maximum absolute atomic E-state index is 13.0. The second kappa shape index (κ2) is 17.3. The van der Waals surface area contributed by atoms with Gasteiger partial charge in [0, 0.05) is 83.2 Å². The molecule has 284 valence electrons. The molecule has 0 amide bonds. The lowest BCUT2D eigenvalue weighted by Crippen LogP contribution is -2.03. The Balaban J connectivity index is 0.000000136. The van der Waals surface area contributed by atoms with E-state index in [4.69, 9.17) is 0 Å². The average Bonchev–Trinajstić information content (AvgIpc) is 3.72. The molecule has 0 aliphatic rings. The summed E-state index contributed by atoms with van der Waals surface area (Å²) in [5.74, 6) is 0.196. The summed E-state index contributed by atoms with van der Waals surface area (Å²) in [5.41, 5.74) is 10.9. The molecular weight excluding hydrogens is 717 g/mol.